The first-order valence-electron chi connectivity index (χ1n) is 4.61. The topological polar surface area (TPSA) is 44.0 Å². The molecule has 2 nitrogen and oxygen atoms in total. The van der Waals surface area contributed by atoms with Crippen molar-refractivity contribution in [3.8, 4) is 6.07 Å². The molecule has 0 amide bonds. The van der Waals surface area contributed by atoms with Crippen LogP contribution in [0.2, 0.25) is 0 Å². The molecule has 0 radical (unpaired) electrons. The summed E-state index contributed by atoms with van der Waals surface area (Å²) in [6.45, 7) is 6.20. The molecule has 0 saturated carbocycles. The Morgan fingerprint density at radius 2 is 1.83 bits per heavy atom. The molecular weight excluding hydrogens is 150 g/mol. The van der Waals surface area contributed by atoms with Crippen LogP contribution in [0.3, 0.4) is 0 Å². The third-order valence-electron chi connectivity index (χ3n) is 1.86. The Hall–Kier alpha value is -0.550. The highest BCUT2D eigenvalue weighted by molar-refractivity contribution is 4.75. The van der Waals surface area contributed by atoms with E-state index in [9.17, 15) is 5.11 Å². The highest BCUT2D eigenvalue weighted by Crippen LogP contribution is 2.15. The molecule has 2 heteroatoms. The fourth-order valence-electron chi connectivity index (χ4n) is 1.34. The summed E-state index contributed by atoms with van der Waals surface area (Å²) in [5.41, 5.74) is 0. The molecule has 70 valence electrons. The lowest BCUT2D eigenvalue weighted by atomic mass is 9.95. The second-order valence-corrected chi connectivity index (χ2v) is 3.99. The van der Waals surface area contributed by atoms with E-state index >= 15 is 0 Å². The van der Waals surface area contributed by atoms with E-state index in [-0.39, 0.29) is 6.10 Å². The average Bonchev–Trinajstić information content (AvgIpc) is 1.84. The van der Waals surface area contributed by atoms with Crippen LogP contribution in [0.1, 0.15) is 40.0 Å². The predicted octanol–water partition coefficient (Wildman–Crippen LogP) is 2.33. The molecule has 0 aromatic heterocycles. The van der Waals surface area contributed by atoms with Gasteiger partial charge in [-0.25, -0.2) is 0 Å². The van der Waals surface area contributed by atoms with E-state index in [4.69, 9.17) is 5.26 Å². The van der Waals surface area contributed by atoms with Crippen LogP contribution in [0.15, 0.2) is 0 Å². The molecule has 0 aliphatic carbocycles. The maximum absolute atomic E-state index is 9.51. The van der Waals surface area contributed by atoms with Crippen LogP contribution < -0.4 is 0 Å². The standard InChI is InChI=1S/C10H19NO/c1-8(2)6-10(12)7-9(3)4-5-11/h8-10,12H,4,6-7H2,1-3H3. The zero-order chi connectivity index (χ0) is 9.56. The molecule has 0 aromatic rings. The SMILES string of the molecule is CC(C)CC(O)CC(C)CC#N. The molecule has 0 bridgehead atoms. The second-order valence-electron chi connectivity index (χ2n) is 3.99. The van der Waals surface area contributed by atoms with Crippen LogP contribution >= 0.6 is 0 Å². The summed E-state index contributed by atoms with van der Waals surface area (Å²) in [5.74, 6) is 0.859. The molecule has 0 aromatic carbocycles. The number of nitriles is 1. The molecule has 0 heterocycles. The number of nitrogens with zero attached hydrogens (tertiary/aromatic N) is 1. The highest BCUT2D eigenvalue weighted by atomic mass is 16.3. The maximum atomic E-state index is 9.51. The quantitative estimate of drug-likeness (QED) is 0.686. The molecule has 2 unspecified atom stereocenters. The molecule has 0 fully saturated rings. The van der Waals surface area contributed by atoms with Gasteiger partial charge in [-0.3, -0.25) is 0 Å². The first kappa shape index (κ1) is 11.4. The predicted molar refractivity (Wildman–Crippen MR) is 49.5 cm³/mol. The van der Waals surface area contributed by atoms with E-state index in [2.05, 4.69) is 19.9 Å². The molecule has 1 N–H and O–H groups in total. The minimum Gasteiger partial charge on any atom is -0.393 e. The molecule has 2 atom stereocenters. The van der Waals surface area contributed by atoms with Crippen molar-refractivity contribution in [1.29, 1.82) is 5.26 Å². The minimum atomic E-state index is -0.228. The zero-order valence-corrected chi connectivity index (χ0v) is 8.25. The summed E-state index contributed by atoms with van der Waals surface area (Å²) in [5, 5.41) is 17.9. The third-order valence-corrected chi connectivity index (χ3v) is 1.86. The molecule has 0 aliphatic heterocycles. The lowest BCUT2D eigenvalue weighted by molar-refractivity contribution is 0.123. The third kappa shape index (κ3) is 6.18. The first-order chi connectivity index (χ1) is 5.56. The Morgan fingerprint density at radius 1 is 1.25 bits per heavy atom. The van der Waals surface area contributed by atoms with Gasteiger partial charge in [0.15, 0.2) is 0 Å². The van der Waals surface area contributed by atoms with E-state index < -0.39 is 0 Å². The van der Waals surface area contributed by atoms with Gasteiger partial charge in [0.05, 0.1) is 12.2 Å². The van der Waals surface area contributed by atoms with Gasteiger partial charge < -0.3 is 5.11 Å². The highest BCUT2D eigenvalue weighted by Gasteiger charge is 2.11. The fraction of sp³-hybridized carbons (Fsp3) is 0.900. The summed E-state index contributed by atoms with van der Waals surface area (Å²) in [7, 11) is 0. The van der Waals surface area contributed by atoms with Crippen molar-refractivity contribution in [2.75, 3.05) is 0 Å². The summed E-state index contributed by atoms with van der Waals surface area (Å²) < 4.78 is 0. The normalized spacial score (nSPS) is 15.7. The minimum absolute atomic E-state index is 0.228. The van der Waals surface area contributed by atoms with Crippen molar-refractivity contribution in [2.24, 2.45) is 11.8 Å². The number of rotatable bonds is 5. The van der Waals surface area contributed by atoms with Crippen molar-refractivity contribution < 1.29 is 5.11 Å². The monoisotopic (exact) mass is 169 g/mol. The van der Waals surface area contributed by atoms with Gasteiger partial charge in [0, 0.05) is 6.42 Å². The number of aliphatic hydroxyl groups excluding tert-OH is 1. The van der Waals surface area contributed by atoms with Gasteiger partial charge in [-0.1, -0.05) is 20.8 Å². The van der Waals surface area contributed by atoms with Crippen LogP contribution in [0, 0.1) is 23.2 Å². The van der Waals surface area contributed by atoms with Crippen molar-refractivity contribution in [2.45, 2.75) is 46.1 Å². The average molecular weight is 169 g/mol. The van der Waals surface area contributed by atoms with Crippen molar-refractivity contribution in [3.05, 3.63) is 0 Å². The largest absolute Gasteiger partial charge is 0.393 e. The van der Waals surface area contributed by atoms with Crippen molar-refractivity contribution in [3.63, 3.8) is 0 Å². The first-order valence-corrected chi connectivity index (χ1v) is 4.61. The van der Waals surface area contributed by atoms with E-state index in [0.29, 0.717) is 18.3 Å². The lowest BCUT2D eigenvalue weighted by Crippen LogP contribution is -2.13. The molecule has 0 aliphatic rings. The van der Waals surface area contributed by atoms with Crippen LogP contribution in [0.5, 0.6) is 0 Å². The molecular formula is C10H19NO. The van der Waals surface area contributed by atoms with E-state index in [0.717, 1.165) is 12.8 Å². The van der Waals surface area contributed by atoms with Crippen LogP contribution in [0.25, 0.3) is 0 Å². The van der Waals surface area contributed by atoms with Gasteiger partial charge in [-0.2, -0.15) is 5.26 Å². The molecule has 0 spiro atoms. The van der Waals surface area contributed by atoms with Gasteiger partial charge in [-0.15, -0.1) is 0 Å². The molecule has 0 rings (SSSR count). The smallest absolute Gasteiger partial charge is 0.0624 e. The maximum Gasteiger partial charge on any atom is 0.0624 e. The Bertz CT molecular complexity index is 148. The van der Waals surface area contributed by atoms with Gasteiger partial charge in [0.25, 0.3) is 0 Å². The van der Waals surface area contributed by atoms with Gasteiger partial charge >= 0.3 is 0 Å². The molecule has 12 heavy (non-hydrogen) atoms. The Morgan fingerprint density at radius 3 is 2.25 bits per heavy atom. The number of hydrogen-bond donors (Lipinski definition) is 1. The molecule has 0 saturated heterocycles. The van der Waals surface area contributed by atoms with Crippen LogP contribution in [0.4, 0.5) is 0 Å². The second kappa shape index (κ2) is 6.02. The Kier molecular flexibility index (Phi) is 5.74. The fourth-order valence-corrected chi connectivity index (χ4v) is 1.34. The van der Waals surface area contributed by atoms with E-state index in [1.807, 2.05) is 6.92 Å². The Labute approximate surface area is 75.2 Å². The number of aliphatic hydroxyl groups is 1. The summed E-state index contributed by atoms with van der Waals surface area (Å²) >= 11 is 0. The van der Waals surface area contributed by atoms with Crippen molar-refractivity contribution in [1.82, 2.24) is 0 Å². The van der Waals surface area contributed by atoms with Gasteiger partial charge in [0.1, 0.15) is 0 Å². The van der Waals surface area contributed by atoms with E-state index in [1.165, 1.54) is 0 Å². The van der Waals surface area contributed by atoms with Gasteiger partial charge in [0.2, 0.25) is 0 Å². The summed E-state index contributed by atoms with van der Waals surface area (Å²) in [4.78, 5) is 0. The number of hydrogen-bond acceptors (Lipinski definition) is 2. The van der Waals surface area contributed by atoms with Crippen LogP contribution in [-0.2, 0) is 0 Å². The lowest BCUT2D eigenvalue weighted by Gasteiger charge is -2.15. The Balaban J connectivity index is 3.55. The summed E-state index contributed by atoms with van der Waals surface area (Å²) in [6.07, 6.45) is 1.92. The van der Waals surface area contributed by atoms with Gasteiger partial charge in [-0.05, 0) is 24.7 Å². The summed E-state index contributed by atoms with van der Waals surface area (Å²) in [6, 6.07) is 2.12. The van der Waals surface area contributed by atoms with Crippen LogP contribution in [-0.4, -0.2) is 11.2 Å². The van der Waals surface area contributed by atoms with E-state index in [1.54, 1.807) is 0 Å². The van der Waals surface area contributed by atoms with Crippen molar-refractivity contribution >= 4 is 0 Å². The zero-order valence-electron chi connectivity index (χ0n) is 8.25.